The van der Waals surface area contributed by atoms with Gasteiger partial charge in [0.05, 0.1) is 30.1 Å². The average molecular weight is 538 g/mol. The van der Waals surface area contributed by atoms with Crippen molar-refractivity contribution in [1.29, 1.82) is 0 Å². The number of methoxy groups -OCH3 is 1. The maximum absolute atomic E-state index is 14.6. The second-order valence-electron chi connectivity index (χ2n) is 10.7. The third-order valence-corrected chi connectivity index (χ3v) is 7.74. The van der Waals surface area contributed by atoms with Crippen molar-refractivity contribution >= 4 is 23.1 Å². The van der Waals surface area contributed by atoms with Crippen LogP contribution in [0, 0.1) is 12.7 Å². The number of carbonyl (C=O) groups excluding carboxylic acids is 2. The molecule has 5 rings (SSSR count). The van der Waals surface area contributed by atoms with Crippen LogP contribution in [0.3, 0.4) is 0 Å². The molecular weight excluding hydrogens is 501 g/mol. The molecule has 0 saturated carbocycles. The predicted octanol–water partition coefficient (Wildman–Crippen LogP) is 3.70. The third kappa shape index (κ3) is 5.01. The molecule has 1 unspecified atom stereocenters. The summed E-state index contributed by atoms with van der Waals surface area (Å²) in [5, 5.41) is 12.2. The van der Waals surface area contributed by atoms with E-state index in [1.165, 1.54) is 32.5 Å². The van der Waals surface area contributed by atoms with Crippen molar-refractivity contribution in [2.24, 2.45) is 0 Å². The minimum Gasteiger partial charge on any atom is -0.381 e. The Balaban J connectivity index is 0.000000386. The number of carbonyl (C=O) groups is 2. The molecule has 0 saturated heterocycles. The average Bonchev–Trinajstić information content (AvgIpc) is 3.28. The molecule has 208 valence electrons. The van der Waals surface area contributed by atoms with E-state index in [0.29, 0.717) is 40.9 Å². The van der Waals surface area contributed by atoms with Crippen molar-refractivity contribution in [3.63, 3.8) is 0 Å². The second kappa shape index (κ2) is 11.0. The van der Waals surface area contributed by atoms with Crippen molar-refractivity contribution in [2.45, 2.75) is 78.0 Å². The van der Waals surface area contributed by atoms with Crippen LogP contribution in [0.2, 0.25) is 0 Å². The van der Waals surface area contributed by atoms with Crippen molar-refractivity contribution in [3.8, 4) is 11.4 Å². The first-order valence-electron chi connectivity index (χ1n) is 13.3. The maximum atomic E-state index is 14.6. The van der Waals surface area contributed by atoms with E-state index in [0.717, 1.165) is 47.8 Å². The standard InChI is InChI=1S/C25H25FN2O3.C5H11NO2/c1-4-14(11-29)17-8-22-24-18(10-28(22)25(30)19(17)12-31-3)16-7-5-6-15-13(2)20(26)9-21(27-24)23(15)16;1-5(2,8)4(7)6-3/h8-9,11,14H,4-7,10,12H2,1-3H3;8H,1-3H3,(H,6,7). The molecule has 0 bridgehead atoms. The lowest BCUT2D eigenvalue weighted by Gasteiger charge is -2.21. The van der Waals surface area contributed by atoms with Crippen molar-refractivity contribution in [1.82, 2.24) is 14.9 Å². The molecule has 2 N–H and O–H groups in total. The summed E-state index contributed by atoms with van der Waals surface area (Å²) in [7, 11) is 3.04. The number of ether oxygens (including phenoxy) is 1. The van der Waals surface area contributed by atoms with E-state index in [1.54, 1.807) is 11.7 Å². The first-order valence-corrected chi connectivity index (χ1v) is 13.3. The van der Waals surface area contributed by atoms with E-state index in [-0.39, 0.29) is 29.8 Å². The molecule has 0 spiro atoms. The van der Waals surface area contributed by atoms with E-state index in [2.05, 4.69) is 5.32 Å². The summed E-state index contributed by atoms with van der Waals surface area (Å²) in [5.74, 6) is -0.975. The lowest BCUT2D eigenvalue weighted by atomic mass is 9.85. The summed E-state index contributed by atoms with van der Waals surface area (Å²) in [6.07, 6.45) is 4.19. The molecule has 0 fully saturated rings. The van der Waals surface area contributed by atoms with Gasteiger partial charge in [-0.2, -0.15) is 0 Å². The molecule has 1 aromatic carbocycles. The van der Waals surface area contributed by atoms with Gasteiger partial charge >= 0.3 is 0 Å². The molecule has 1 aliphatic heterocycles. The SMILES string of the molecule is CCC(C=O)c1cc2n(c(=O)c1COC)Cc1c-2nc2cc(F)c(C)c3c2c1CCC3.CNC(=O)C(C)(C)O. The maximum Gasteiger partial charge on any atom is 0.257 e. The number of aromatic nitrogens is 2. The van der Waals surface area contributed by atoms with Gasteiger partial charge in [-0.1, -0.05) is 6.92 Å². The molecule has 3 heterocycles. The Bertz CT molecular complexity index is 1520. The van der Waals surface area contributed by atoms with Gasteiger partial charge in [0.15, 0.2) is 0 Å². The van der Waals surface area contributed by atoms with Gasteiger partial charge in [-0.3, -0.25) is 9.59 Å². The number of hydrogen-bond donors (Lipinski definition) is 2. The largest absolute Gasteiger partial charge is 0.381 e. The van der Waals surface area contributed by atoms with Crippen LogP contribution in [0.15, 0.2) is 16.9 Å². The zero-order chi connectivity index (χ0) is 28.6. The minimum absolute atomic E-state index is 0.137. The Morgan fingerprint density at radius 3 is 2.54 bits per heavy atom. The lowest BCUT2D eigenvalue weighted by Crippen LogP contribution is -2.39. The van der Waals surface area contributed by atoms with Crippen LogP contribution in [-0.4, -0.2) is 46.6 Å². The molecule has 9 heteroatoms. The van der Waals surface area contributed by atoms with Gasteiger partial charge < -0.3 is 24.5 Å². The number of hydrogen-bond acceptors (Lipinski definition) is 6. The summed E-state index contributed by atoms with van der Waals surface area (Å²) in [6, 6.07) is 3.44. The number of rotatable bonds is 6. The first-order chi connectivity index (χ1) is 18.5. The van der Waals surface area contributed by atoms with E-state index >= 15 is 0 Å². The van der Waals surface area contributed by atoms with E-state index in [9.17, 15) is 18.8 Å². The van der Waals surface area contributed by atoms with Crippen LogP contribution >= 0.6 is 0 Å². The predicted molar refractivity (Wildman–Crippen MR) is 147 cm³/mol. The van der Waals surface area contributed by atoms with Gasteiger partial charge in [0.2, 0.25) is 0 Å². The highest BCUT2D eigenvalue weighted by Gasteiger charge is 2.31. The summed E-state index contributed by atoms with van der Waals surface area (Å²) >= 11 is 0. The van der Waals surface area contributed by atoms with Gasteiger partial charge in [0, 0.05) is 42.7 Å². The van der Waals surface area contributed by atoms with E-state index in [4.69, 9.17) is 14.8 Å². The number of halogens is 1. The minimum atomic E-state index is -1.24. The summed E-state index contributed by atoms with van der Waals surface area (Å²) in [5.41, 5.74) is 5.93. The summed E-state index contributed by atoms with van der Waals surface area (Å²) in [4.78, 5) is 40.5. The summed E-state index contributed by atoms with van der Waals surface area (Å²) < 4.78 is 21.6. The molecule has 39 heavy (non-hydrogen) atoms. The Labute approximate surface area is 227 Å². The number of fused-ring (bicyclic) bond motifs is 4. The molecule has 0 radical (unpaired) electrons. The summed E-state index contributed by atoms with van der Waals surface area (Å²) in [6.45, 7) is 7.24. The van der Waals surface area contributed by atoms with Crippen LogP contribution in [0.4, 0.5) is 4.39 Å². The number of benzene rings is 1. The number of aryl methyl sites for hydroxylation is 2. The fourth-order valence-corrected chi connectivity index (χ4v) is 5.64. The van der Waals surface area contributed by atoms with Gasteiger partial charge in [0.1, 0.15) is 17.7 Å². The highest BCUT2D eigenvalue weighted by atomic mass is 19.1. The topological polar surface area (TPSA) is 111 Å². The highest BCUT2D eigenvalue weighted by molar-refractivity contribution is 5.92. The van der Waals surface area contributed by atoms with Gasteiger partial charge in [-0.25, -0.2) is 9.37 Å². The number of nitrogens with one attached hydrogen (secondary N) is 1. The van der Waals surface area contributed by atoms with Gasteiger partial charge in [-0.15, -0.1) is 0 Å². The molecule has 1 amide bonds. The van der Waals surface area contributed by atoms with Crippen LogP contribution in [0.25, 0.3) is 22.3 Å². The normalized spacial score (nSPS) is 14.3. The Morgan fingerprint density at radius 1 is 1.28 bits per heavy atom. The number of amides is 1. The zero-order valence-electron chi connectivity index (χ0n) is 23.4. The van der Waals surface area contributed by atoms with E-state index in [1.807, 2.05) is 19.9 Å². The van der Waals surface area contributed by atoms with Gasteiger partial charge in [-0.05, 0) is 74.8 Å². The number of pyridine rings is 2. The van der Waals surface area contributed by atoms with Crippen molar-refractivity contribution < 1.29 is 23.8 Å². The number of likely N-dealkylation sites (N-methyl/N-ethyl adjacent to an activating group) is 1. The quantitative estimate of drug-likeness (QED) is 0.363. The fraction of sp³-hybridized carbons (Fsp3) is 0.467. The smallest absolute Gasteiger partial charge is 0.257 e. The molecule has 3 aromatic rings. The lowest BCUT2D eigenvalue weighted by molar-refractivity contribution is -0.135. The molecule has 2 aromatic heterocycles. The van der Waals surface area contributed by atoms with Crippen molar-refractivity contribution in [2.75, 3.05) is 14.2 Å². The highest BCUT2D eigenvalue weighted by Crippen LogP contribution is 2.41. The molecule has 1 aliphatic carbocycles. The van der Waals surface area contributed by atoms with Crippen LogP contribution in [0.1, 0.15) is 72.9 Å². The zero-order valence-corrected chi connectivity index (χ0v) is 23.4. The second-order valence-corrected chi connectivity index (χ2v) is 10.7. The van der Waals surface area contributed by atoms with Crippen LogP contribution < -0.4 is 10.9 Å². The van der Waals surface area contributed by atoms with Crippen LogP contribution in [-0.2, 0) is 40.3 Å². The number of nitrogens with zero attached hydrogens (tertiary/aromatic N) is 2. The van der Waals surface area contributed by atoms with E-state index < -0.39 is 5.60 Å². The monoisotopic (exact) mass is 537 g/mol. The molecule has 2 aliphatic rings. The fourth-order valence-electron chi connectivity index (χ4n) is 5.64. The number of aldehydes is 1. The Kier molecular flexibility index (Phi) is 8.04. The Hall–Kier alpha value is -3.43. The molecular formula is C30H36FN3O5. The number of aliphatic hydroxyl groups is 1. The Morgan fingerprint density at radius 2 is 1.97 bits per heavy atom. The van der Waals surface area contributed by atoms with Crippen LogP contribution in [0.5, 0.6) is 0 Å². The first kappa shape index (κ1) is 28.6. The molecule has 1 atom stereocenters. The third-order valence-electron chi connectivity index (χ3n) is 7.74. The van der Waals surface area contributed by atoms with Gasteiger partial charge in [0.25, 0.3) is 11.5 Å². The van der Waals surface area contributed by atoms with Crippen molar-refractivity contribution in [3.05, 3.63) is 61.7 Å². The molecule has 8 nitrogen and oxygen atoms in total.